The highest BCUT2D eigenvalue weighted by atomic mass is 16.5. The maximum absolute atomic E-state index is 12.3. The molecule has 2 N–H and O–H groups in total. The molecule has 0 aliphatic heterocycles. The quantitative estimate of drug-likeness (QED) is 0.772. The minimum absolute atomic E-state index is 0.0309. The highest BCUT2D eigenvalue weighted by Crippen LogP contribution is 2.09. The van der Waals surface area contributed by atoms with E-state index in [0.717, 1.165) is 18.4 Å². The number of carbonyl (C=O) groups excluding carboxylic acids is 2. The molecule has 5 heteroatoms. The van der Waals surface area contributed by atoms with Gasteiger partial charge in [-0.15, -0.1) is 0 Å². The molecule has 23 heavy (non-hydrogen) atoms. The molecule has 3 atom stereocenters. The molecule has 0 unspecified atom stereocenters. The van der Waals surface area contributed by atoms with Crippen LogP contribution in [0.15, 0.2) is 30.3 Å². The third-order valence-electron chi connectivity index (χ3n) is 3.98. The van der Waals surface area contributed by atoms with E-state index in [4.69, 9.17) is 4.74 Å². The number of carbonyl (C=O) groups is 2. The molecule has 1 rings (SSSR count). The van der Waals surface area contributed by atoms with Gasteiger partial charge < -0.3 is 15.4 Å². The summed E-state index contributed by atoms with van der Waals surface area (Å²) >= 11 is 0. The Morgan fingerprint density at radius 2 is 1.70 bits per heavy atom. The van der Waals surface area contributed by atoms with Gasteiger partial charge >= 0.3 is 6.09 Å². The number of nitrogens with one attached hydrogen (secondary N) is 2. The molecule has 0 aliphatic rings. The minimum Gasteiger partial charge on any atom is -0.445 e. The van der Waals surface area contributed by atoms with Gasteiger partial charge in [-0.3, -0.25) is 4.79 Å². The molecule has 0 aliphatic carbocycles. The van der Waals surface area contributed by atoms with Crippen LogP contribution in [0.25, 0.3) is 0 Å². The van der Waals surface area contributed by atoms with E-state index in [9.17, 15) is 9.59 Å². The van der Waals surface area contributed by atoms with E-state index in [0.29, 0.717) is 0 Å². The van der Waals surface area contributed by atoms with E-state index in [1.54, 1.807) is 0 Å². The van der Waals surface area contributed by atoms with E-state index in [2.05, 4.69) is 10.6 Å². The Balaban J connectivity index is 2.58. The monoisotopic (exact) mass is 320 g/mol. The molecular weight excluding hydrogens is 292 g/mol. The lowest BCUT2D eigenvalue weighted by molar-refractivity contribution is -0.124. The van der Waals surface area contributed by atoms with Gasteiger partial charge in [-0.2, -0.15) is 0 Å². The van der Waals surface area contributed by atoms with Gasteiger partial charge in [0.15, 0.2) is 0 Å². The maximum atomic E-state index is 12.3. The van der Waals surface area contributed by atoms with Crippen LogP contribution in [0, 0.1) is 5.92 Å². The highest BCUT2D eigenvalue weighted by Gasteiger charge is 2.27. The van der Waals surface area contributed by atoms with E-state index in [1.807, 2.05) is 58.0 Å². The molecule has 0 saturated carbocycles. The van der Waals surface area contributed by atoms with Crippen LogP contribution in [-0.4, -0.2) is 24.1 Å². The van der Waals surface area contributed by atoms with E-state index in [1.165, 1.54) is 0 Å². The van der Waals surface area contributed by atoms with Crippen LogP contribution in [0.1, 0.15) is 46.1 Å². The van der Waals surface area contributed by atoms with Crippen molar-refractivity contribution in [2.45, 2.75) is 59.2 Å². The van der Waals surface area contributed by atoms with Crippen LogP contribution in [-0.2, 0) is 16.1 Å². The summed E-state index contributed by atoms with van der Waals surface area (Å²) in [5, 5.41) is 5.61. The zero-order valence-electron chi connectivity index (χ0n) is 14.5. The van der Waals surface area contributed by atoms with Crippen LogP contribution in [0.4, 0.5) is 4.79 Å². The summed E-state index contributed by atoms with van der Waals surface area (Å²) in [7, 11) is 0. The lowest BCUT2D eigenvalue weighted by Crippen LogP contribution is -2.52. The van der Waals surface area contributed by atoms with Gasteiger partial charge in [-0.05, 0) is 24.8 Å². The summed E-state index contributed by atoms with van der Waals surface area (Å²) in [5.41, 5.74) is 0.909. The minimum atomic E-state index is -0.586. The fourth-order valence-electron chi connectivity index (χ4n) is 2.03. The zero-order valence-corrected chi connectivity index (χ0v) is 14.5. The fraction of sp³-hybridized carbons (Fsp3) is 0.556. The summed E-state index contributed by atoms with van der Waals surface area (Å²) in [6.07, 6.45) is 1.06. The number of hydrogen-bond donors (Lipinski definition) is 2. The van der Waals surface area contributed by atoms with Crippen molar-refractivity contribution in [2.24, 2.45) is 5.92 Å². The Morgan fingerprint density at radius 3 is 2.26 bits per heavy atom. The Morgan fingerprint density at radius 1 is 1.04 bits per heavy atom. The molecule has 2 amide bonds. The van der Waals surface area contributed by atoms with Crippen molar-refractivity contribution in [2.75, 3.05) is 0 Å². The summed E-state index contributed by atoms with van der Waals surface area (Å²) in [4.78, 5) is 24.3. The molecule has 5 nitrogen and oxygen atoms in total. The Bertz CT molecular complexity index is 490. The SMILES string of the molecule is CC[C@@H](C)[C@@H](NC(=O)OCc1ccccc1)C(=O)N[C@@H](C)CC. The average molecular weight is 320 g/mol. The van der Waals surface area contributed by atoms with Crippen LogP contribution in [0.3, 0.4) is 0 Å². The maximum Gasteiger partial charge on any atom is 0.408 e. The third kappa shape index (κ3) is 6.72. The largest absolute Gasteiger partial charge is 0.445 e. The first kappa shape index (κ1) is 19.0. The van der Waals surface area contributed by atoms with Gasteiger partial charge in [0.25, 0.3) is 0 Å². The lowest BCUT2D eigenvalue weighted by atomic mass is 9.98. The van der Waals surface area contributed by atoms with Crippen molar-refractivity contribution in [3.8, 4) is 0 Å². The molecule has 128 valence electrons. The number of ether oxygens (including phenoxy) is 1. The first-order chi connectivity index (χ1) is 11.0. The second kappa shape index (κ2) is 9.87. The standard InChI is InChI=1S/C18H28N2O3/c1-5-13(3)16(17(21)19-14(4)6-2)20-18(22)23-12-15-10-8-7-9-11-15/h7-11,13-14,16H,5-6,12H2,1-4H3,(H,19,21)(H,20,22)/t13-,14+,16-/m1/s1. The predicted octanol–water partition coefficient (Wildman–Crippen LogP) is 3.24. The molecule has 1 aromatic carbocycles. The fourth-order valence-corrected chi connectivity index (χ4v) is 2.03. The van der Waals surface area contributed by atoms with Crippen LogP contribution < -0.4 is 10.6 Å². The van der Waals surface area contributed by atoms with Crippen LogP contribution in [0.5, 0.6) is 0 Å². The van der Waals surface area contributed by atoms with Crippen molar-refractivity contribution in [3.63, 3.8) is 0 Å². The average Bonchev–Trinajstić information content (AvgIpc) is 2.57. The topological polar surface area (TPSA) is 67.4 Å². The number of rotatable bonds is 8. The first-order valence-corrected chi connectivity index (χ1v) is 8.25. The molecule has 1 aromatic rings. The van der Waals surface area contributed by atoms with Crippen molar-refractivity contribution in [3.05, 3.63) is 35.9 Å². The van der Waals surface area contributed by atoms with Gasteiger partial charge in [0.2, 0.25) is 5.91 Å². The van der Waals surface area contributed by atoms with Crippen LogP contribution >= 0.6 is 0 Å². The highest BCUT2D eigenvalue weighted by molar-refractivity contribution is 5.86. The van der Waals surface area contributed by atoms with Gasteiger partial charge in [0.05, 0.1) is 0 Å². The summed E-state index contributed by atoms with van der Waals surface area (Å²) in [6.45, 7) is 8.07. The molecular formula is C18H28N2O3. The smallest absolute Gasteiger partial charge is 0.408 e. The van der Waals surface area contributed by atoms with Gasteiger partial charge in [0.1, 0.15) is 12.6 Å². The molecule has 0 spiro atoms. The van der Waals surface area contributed by atoms with Gasteiger partial charge in [-0.25, -0.2) is 4.79 Å². The lowest BCUT2D eigenvalue weighted by Gasteiger charge is -2.24. The normalized spacial score (nSPS) is 14.4. The summed E-state index contributed by atoms with van der Waals surface area (Å²) < 4.78 is 5.20. The number of hydrogen-bond acceptors (Lipinski definition) is 3. The van der Waals surface area contributed by atoms with E-state index < -0.39 is 12.1 Å². The number of alkyl carbamates (subject to hydrolysis) is 1. The number of benzene rings is 1. The van der Waals surface area contributed by atoms with Gasteiger partial charge in [0, 0.05) is 6.04 Å². The molecule has 0 aromatic heterocycles. The van der Waals surface area contributed by atoms with Crippen molar-refractivity contribution in [1.82, 2.24) is 10.6 Å². The van der Waals surface area contributed by atoms with Gasteiger partial charge in [-0.1, -0.05) is 57.5 Å². The van der Waals surface area contributed by atoms with Crippen molar-refractivity contribution < 1.29 is 14.3 Å². The van der Waals surface area contributed by atoms with Crippen molar-refractivity contribution >= 4 is 12.0 Å². The van der Waals surface area contributed by atoms with Crippen LogP contribution in [0.2, 0.25) is 0 Å². The second-order valence-corrected chi connectivity index (χ2v) is 5.89. The zero-order chi connectivity index (χ0) is 17.2. The van der Waals surface area contributed by atoms with E-state index >= 15 is 0 Å². The van der Waals surface area contributed by atoms with E-state index in [-0.39, 0.29) is 24.5 Å². The number of amides is 2. The molecule has 0 fully saturated rings. The Hall–Kier alpha value is -2.04. The molecule has 0 bridgehead atoms. The first-order valence-electron chi connectivity index (χ1n) is 8.25. The second-order valence-electron chi connectivity index (χ2n) is 5.89. The summed E-state index contributed by atoms with van der Waals surface area (Å²) in [5.74, 6) is -0.131. The molecule has 0 heterocycles. The predicted molar refractivity (Wildman–Crippen MR) is 90.9 cm³/mol. The Labute approximate surface area is 138 Å². The third-order valence-corrected chi connectivity index (χ3v) is 3.98. The van der Waals surface area contributed by atoms with Crippen molar-refractivity contribution in [1.29, 1.82) is 0 Å². The Kier molecular flexibility index (Phi) is 8.16. The molecule has 0 radical (unpaired) electrons. The molecule has 0 saturated heterocycles. The summed E-state index contributed by atoms with van der Waals surface area (Å²) in [6, 6.07) is 8.94.